The van der Waals surface area contributed by atoms with Gasteiger partial charge in [-0.1, -0.05) is 11.8 Å². The van der Waals surface area contributed by atoms with Gasteiger partial charge < -0.3 is 14.7 Å². The predicted octanol–water partition coefficient (Wildman–Crippen LogP) is 1.17. The molecule has 36 heavy (non-hydrogen) atoms. The fourth-order valence-electron chi connectivity index (χ4n) is 4.05. The van der Waals surface area contributed by atoms with E-state index in [1.807, 2.05) is 0 Å². The zero-order valence-electron chi connectivity index (χ0n) is 20.5. The van der Waals surface area contributed by atoms with E-state index >= 15 is 0 Å². The van der Waals surface area contributed by atoms with Gasteiger partial charge in [0.05, 0.1) is 18.6 Å². The molecular weight excluding hydrogens is 486 g/mol. The van der Waals surface area contributed by atoms with Crippen LogP contribution in [-0.2, 0) is 30.8 Å². The van der Waals surface area contributed by atoms with Crippen LogP contribution in [0, 0.1) is 29.1 Å². The molecule has 2 fully saturated rings. The summed E-state index contributed by atoms with van der Waals surface area (Å²) >= 11 is 0. The number of nitrogens with zero attached hydrogens (tertiary/aromatic N) is 2. The minimum atomic E-state index is -3.83. The predicted molar refractivity (Wildman–Crippen MR) is 130 cm³/mol. The molecule has 2 aliphatic heterocycles. The van der Waals surface area contributed by atoms with Crippen LogP contribution >= 0.6 is 0 Å². The smallest absolute Gasteiger partial charge is 0.328 e. The molecule has 2 N–H and O–H groups in total. The van der Waals surface area contributed by atoms with E-state index in [0.29, 0.717) is 18.6 Å². The minimum Gasteiger partial charge on any atom is -0.395 e. The molecule has 11 heteroatoms. The average Bonchev–Trinajstić information content (AvgIpc) is 3.44. The first-order valence-corrected chi connectivity index (χ1v) is 13.9. The summed E-state index contributed by atoms with van der Waals surface area (Å²) in [5.74, 6) is 10.6. The van der Waals surface area contributed by atoms with E-state index in [0.717, 1.165) is 37.6 Å². The number of hydroxylamine groups is 1. The van der Waals surface area contributed by atoms with Crippen LogP contribution in [0.2, 0.25) is 0 Å². The molecular formula is C25H31N3O7S. The number of aromatic nitrogens is 1. The lowest BCUT2D eigenvalue weighted by atomic mass is 10.1. The maximum atomic E-state index is 12.9. The summed E-state index contributed by atoms with van der Waals surface area (Å²) in [6, 6.07) is 1.47. The second-order valence-corrected chi connectivity index (χ2v) is 12.3. The Labute approximate surface area is 211 Å². The zero-order valence-corrected chi connectivity index (χ0v) is 21.3. The molecule has 0 aromatic carbocycles. The van der Waals surface area contributed by atoms with Gasteiger partial charge in [0.2, 0.25) is 0 Å². The van der Waals surface area contributed by atoms with Crippen LogP contribution in [-0.4, -0.2) is 72.0 Å². The monoisotopic (exact) mass is 517 g/mol. The first-order chi connectivity index (χ1) is 17.1. The number of carbonyl (C=O) groups is 2. The van der Waals surface area contributed by atoms with Crippen molar-refractivity contribution in [1.82, 2.24) is 14.9 Å². The van der Waals surface area contributed by atoms with Crippen LogP contribution in [0.5, 0.6) is 0 Å². The molecule has 10 nitrogen and oxygen atoms in total. The van der Waals surface area contributed by atoms with Gasteiger partial charge in [-0.3, -0.25) is 9.36 Å². The summed E-state index contributed by atoms with van der Waals surface area (Å²) in [5.41, 5.74) is 3.32. The van der Waals surface area contributed by atoms with Gasteiger partial charge in [-0.2, -0.15) is 0 Å². The average molecular weight is 518 g/mol. The fourth-order valence-corrected chi connectivity index (χ4v) is 4.90. The fraction of sp³-hybridized carbons (Fsp3) is 0.600. The van der Waals surface area contributed by atoms with Crippen molar-refractivity contribution in [3.05, 3.63) is 23.5 Å². The van der Waals surface area contributed by atoms with Gasteiger partial charge in [0.25, 0.3) is 5.91 Å². The summed E-state index contributed by atoms with van der Waals surface area (Å²) in [6.45, 7) is 2.23. The van der Waals surface area contributed by atoms with E-state index < -0.39 is 26.8 Å². The van der Waals surface area contributed by atoms with Crippen molar-refractivity contribution in [2.75, 3.05) is 26.0 Å². The van der Waals surface area contributed by atoms with E-state index in [-0.39, 0.29) is 37.6 Å². The number of sulfone groups is 1. The Hall–Kier alpha value is -2.83. The molecule has 1 saturated heterocycles. The zero-order chi connectivity index (χ0) is 26.0. The highest BCUT2D eigenvalue weighted by atomic mass is 32.2. The van der Waals surface area contributed by atoms with Crippen molar-refractivity contribution in [2.24, 2.45) is 5.41 Å². The van der Waals surface area contributed by atoms with E-state index in [1.54, 1.807) is 12.3 Å². The number of fused-ring (bicyclic) bond motifs is 1. The number of rotatable bonds is 8. The minimum absolute atomic E-state index is 0.0362. The van der Waals surface area contributed by atoms with Gasteiger partial charge in [0.15, 0.2) is 20.9 Å². The Morgan fingerprint density at radius 3 is 2.75 bits per heavy atom. The van der Waals surface area contributed by atoms with Gasteiger partial charge in [-0.25, -0.2) is 23.5 Å². The highest BCUT2D eigenvalue weighted by molar-refractivity contribution is 7.92. The lowest BCUT2D eigenvalue weighted by Crippen LogP contribution is -2.52. The number of amides is 2. The largest absolute Gasteiger partial charge is 0.395 e. The van der Waals surface area contributed by atoms with E-state index in [4.69, 9.17) is 9.57 Å². The van der Waals surface area contributed by atoms with Gasteiger partial charge in [-0.05, 0) is 56.9 Å². The highest BCUT2D eigenvalue weighted by Crippen LogP contribution is 2.44. The standard InChI is InChI=1S/C25H31N3O7S/c1-24(36(2,32)33,22(30)26-35-21-8-4-6-14-34-21)12-13-27-17-20-15-19(16-28(20)23(27)31)7-3-5-9-25(18-29)10-11-25/h15-16,21,29H,4,6,8,10-14,17-18H2,1-2H3,(H,26,30)/t21-,24+/m0/s1. The van der Waals surface area contributed by atoms with Crippen molar-refractivity contribution in [3.63, 3.8) is 0 Å². The van der Waals surface area contributed by atoms with Crippen molar-refractivity contribution in [1.29, 1.82) is 0 Å². The molecule has 1 saturated carbocycles. The number of hydrogen-bond acceptors (Lipinski definition) is 7. The third-order valence-electron chi connectivity index (χ3n) is 7.06. The van der Waals surface area contributed by atoms with Gasteiger partial charge in [0.1, 0.15) is 0 Å². The Balaban J connectivity index is 1.36. The van der Waals surface area contributed by atoms with Crippen LogP contribution < -0.4 is 5.48 Å². The number of ether oxygens (including phenoxy) is 1. The number of nitrogens with one attached hydrogen (secondary N) is 1. The number of hydrogen-bond donors (Lipinski definition) is 2. The summed E-state index contributed by atoms with van der Waals surface area (Å²) in [6.07, 6.45) is 6.09. The summed E-state index contributed by atoms with van der Waals surface area (Å²) < 4.78 is 30.2. The van der Waals surface area contributed by atoms with Crippen LogP contribution in [0.15, 0.2) is 12.3 Å². The molecule has 1 aromatic heterocycles. The molecule has 4 rings (SSSR count). The van der Waals surface area contributed by atoms with E-state index in [2.05, 4.69) is 29.2 Å². The molecule has 3 heterocycles. The molecule has 2 atom stereocenters. The van der Waals surface area contributed by atoms with Gasteiger partial charge >= 0.3 is 6.03 Å². The van der Waals surface area contributed by atoms with E-state index in [1.165, 1.54) is 16.4 Å². The second-order valence-electron chi connectivity index (χ2n) is 9.83. The van der Waals surface area contributed by atoms with Gasteiger partial charge in [-0.15, -0.1) is 0 Å². The van der Waals surface area contributed by atoms with Crippen molar-refractivity contribution in [2.45, 2.75) is 63.0 Å². The van der Waals surface area contributed by atoms with Crippen LogP contribution in [0.4, 0.5) is 4.79 Å². The molecule has 0 radical (unpaired) electrons. The Morgan fingerprint density at radius 2 is 2.14 bits per heavy atom. The molecule has 3 aliphatic rings. The topological polar surface area (TPSA) is 127 Å². The third-order valence-corrected chi connectivity index (χ3v) is 9.09. The van der Waals surface area contributed by atoms with Crippen molar-refractivity contribution in [3.8, 4) is 23.7 Å². The molecule has 0 spiro atoms. The molecule has 1 aliphatic carbocycles. The molecule has 0 unspecified atom stereocenters. The lowest BCUT2D eigenvalue weighted by Gasteiger charge is -2.29. The molecule has 2 amide bonds. The van der Waals surface area contributed by atoms with Crippen molar-refractivity contribution < 1.29 is 32.7 Å². The van der Waals surface area contributed by atoms with Gasteiger partial charge in [0, 0.05) is 43.3 Å². The van der Waals surface area contributed by atoms with E-state index in [9.17, 15) is 23.1 Å². The molecule has 0 bridgehead atoms. The number of aliphatic hydroxyl groups is 1. The highest BCUT2D eigenvalue weighted by Gasteiger charge is 2.45. The summed E-state index contributed by atoms with van der Waals surface area (Å²) in [7, 11) is -3.83. The Kier molecular flexibility index (Phi) is 7.48. The first kappa shape index (κ1) is 26.2. The van der Waals surface area contributed by atoms with Crippen LogP contribution in [0.1, 0.15) is 56.7 Å². The molecule has 194 valence electrons. The molecule has 1 aromatic rings. The van der Waals surface area contributed by atoms with Crippen LogP contribution in [0.25, 0.3) is 0 Å². The SMILES string of the molecule is C[C@@](CCN1Cc2cc(C#CC#CC3(CO)CC3)cn2C1=O)(C(=O)NO[C@H]1CCCCO1)S(C)(=O)=O. The normalized spacial score (nSPS) is 21.9. The second kappa shape index (κ2) is 10.3. The number of carbonyl (C=O) groups excluding carboxylic acids is 2. The maximum Gasteiger partial charge on any atom is 0.328 e. The lowest BCUT2D eigenvalue weighted by molar-refractivity contribution is -0.201. The summed E-state index contributed by atoms with van der Waals surface area (Å²) in [5, 5.41) is 9.29. The first-order valence-electron chi connectivity index (χ1n) is 12.0. The summed E-state index contributed by atoms with van der Waals surface area (Å²) in [4.78, 5) is 32.5. The third kappa shape index (κ3) is 5.60. The Morgan fingerprint density at radius 1 is 1.36 bits per heavy atom. The maximum absolute atomic E-state index is 12.9. The van der Waals surface area contributed by atoms with Crippen molar-refractivity contribution >= 4 is 21.8 Å². The van der Waals surface area contributed by atoms with Crippen LogP contribution in [0.3, 0.4) is 0 Å². The Bertz CT molecular complexity index is 1250. The number of aliphatic hydroxyl groups excluding tert-OH is 1. The quantitative estimate of drug-likeness (QED) is 0.391.